The number of para-hydroxylation sites is 3. The molecule has 0 spiro atoms. The lowest BCUT2D eigenvalue weighted by molar-refractivity contribution is 0.394. The van der Waals surface area contributed by atoms with Crippen LogP contribution in [0.2, 0.25) is 0 Å². The zero-order chi connectivity index (χ0) is 70.5. The Bertz CT molecular complexity index is 5050. The second-order valence-corrected chi connectivity index (χ2v) is 32.9. The molecule has 16 rings (SSSR count). The van der Waals surface area contributed by atoms with E-state index >= 15 is 0 Å². The van der Waals surface area contributed by atoms with E-state index in [0.29, 0.717) is 0 Å². The van der Waals surface area contributed by atoms with Crippen LogP contribution in [0.4, 0.5) is 17.1 Å². The number of hydrogen-bond donors (Lipinski definition) is 0. The fourth-order valence-electron chi connectivity index (χ4n) is 20.7. The Kier molecular flexibility index (Phi) is 19.4. The maximum absolute atomic E-state index is 7.18. The van der Waals surface area contributed by atoms with E-state index in [4.69, 9.17) is 8.83 Å². The molecule has 528 valence electrons. The molecular weight excluding hydrogens is 1250 g/mol. The van der Waals surface area contributed by atoms with Gasteiger partial charge in [0.15, 0.2) is 0 Å². The largest absolute Gasteiger partial charge is 0.456 e. The van der Waals surface area contributed by atoms with Crippen molar-refractivity contribution in [3.05, 3.63) is 233 Å². The van der Waals surface area contributed by atoms with Gasteiger partial charge in [0, 0.05) is 65.7 Å². The van der Waals surface area contributed by atoms with E-state index in [1.165, 1.54) is 289 Å². The second kappa shape index (κ2) is 28.9. The van der Waals surface area contributed by atoms with E-state index in [0.717, 1.165) is 35.2 Å². The topological polar surface area (TPSA) is 29.5 Å². The fraction of sp³-hybridized carbons (Fsp3) is 0.400. The molecule has 12 aromatic rings. The number of hydrogen-bond acceptors (Lipinski definition) is 3. The maximum atomic E-state index is 7.18. The van der Waals surface area contributed by atoms with Crippen molar-refractivity contribution in [1.82, 2.24) is 0 Å². The molecule has 0 amide bonds. The summed E-state index contributed by atoms with van der Waals surface area (Å²) in [4.78, 5) is 2.68. The van der Waals surface area contributed by atoms with E-state index in [1.54, 1.807) is 16.7 Å². The van der Waals surface area contributed by atoms with Gasteiger partial charge in [-0.05, 0) is 175 Å². The smallest absolute Gasteiger partial charge is 0.144 e. The molecule has 0 unspecified atom stereocenters. The lowest BCUT2D eigenvalue weighted by Crippen LogP contribution is -2.27. The zero-order valence-corrected chi connectivity index (χ0v) is 63.5. The van der Waals surface area contributed by atoms with Gasteiger partial charge < -0.3 is 13.7 Å². The monoisotopic (exact) mass is 1360 g/mol. The van der Waals surface area contributed by atoms with E-state index in [-0.39, 0.29) is 21.7 Å². The first kappa shape index (κ1) is 69.0. The Labute approximate surface area is 615 Å². The summed E-state index contributed by atoms with van der Waals surface area (Å²) in [5.74, 6) is 0. The fourth-order valence-corrected chi connectivity index (χ4v) is 20.7. The van der Waals surface area contributed by atoms with Crippen LogP contribution in [-0.2, 0) is 21.7 Å². The van der Waals surface area contributed by atoms with Crippen LogP contribution in [0, 0.1) is 0 Å². The van der Waals surface area contributed by atoms with Gasteiger partial charge in [0.1, 0.15) is 22.3 Å². The van der Waals surface area contributed by atoms with Crippen LogP contribution >= 0.6 is 0 Å². The number of benzene rings is 10. The third kappa shape index (κ3) is 11.7. The third-order valence-electron chi connectivity index (χ3n) is 25.8. The van der Waals surface area contributed by atoms with Crippen LogP contribution < -0.4 is 4.90 Å². The third-order valence-corrected chi connectivity index (χ3v) is 25.8. The minimum atomic E-state index is -0.364. The van der Waals surface area contributed by atoms with Crippen molar-refractivity contribution in [2.24, 2.45) is 0 Å². The van der Waals surface area contributed by atoms with E-state index in [9.17, 15) is 0 Å². The van der Waals surface area contributed by atoms with Gasteiger partial charge in [-0.1, -0.05) is 337 Å². The first-order valence-electron chi connectivity index (χ1n) is 41.0. The highest BCUT2D eigenvalue weighted by Crippen LogP contribution is 2.66. The highest BCUT2D eigenvalue weighted by Gasteiger charge is 2.51. The Morgan fingerprint density at radius 1 is 0.291 bits per heavy atom. The molecular formula is C100H111NO2. The molecule has 3 heteroatoms. The highest BCUT2D eigenvalue weighted by atomic mass is 16.3. The van der Waals surface area contributed by atoms with Gasteiger partial charge in [-0.3, -0.25) is 0 Å². The van der Waals surface area contributed by atoms with Crippen LogP contribution in [0.1, 0.15) is 280 Å². The Morgan fingerprint density at radius 2 is 0.738 bits per heavy atom. The molecule has 4 aliphatic carbocycles. The summed E-state index contributed by atoms with van der Waals surface area (Å²) in [5.41, 5.74) is 32.1. The first-order valence-corrected chi connectivity index (χ1v) is 41.0. The lowest BCUT2D eigenvalue weighted by atomic mass is 9.68. The average Bonchev–Trinajstić information content (AvgIpc) is 1.55. The number of anilines is 3. The van der Waals surface area contributed by atoms with Gasteiger partial charge in [0.25, 0.3) is 0 Å². The van der Waals surface area contributed by atoms with E-state index in [2.05, 4.69) is 248 Å². The van der Waals surface area contributed by atoms with Crippen molar-refractivity contribution < 1.29 is 8.83 Å². The van der Waals surface area contributed by atoms with Crippen LogP contribution in [-0.4, -0.2) is 0 Å². The molecule has 0 bridgehead atoms. The summed E-state index contributed by atoms with van der Waals surface area (Å²) < 4.78 is 14.1. The Hall–Kier alpha value is -8.40. The SMILES string of the molecule is CCCCCCCCC1(CCCCCCCC)c2cc(N(c3ccc4c(c3)C(C)(C)c3c5c(c6oc7ccccc7c6c3-4)-c3ccccc3C5(C)C)c3ccccc3-c3ccccc3)ccc2-c2cc3c(cc21)-c1c(ccc2oc4ccccc4c12)C3(CCCCCCCC)CCCCCCCC. The summed E-state index contributed by atoms with van der Waals surface area (Å²) in [6, 6.07) is 73.6. The standard InChI is InChI=1S/C100H111NO2/c1-9-13-17-21-25-40-60-99(61-41-26-22-18-14-10-2)80-58-59-88-90(75-48-34-38-52-86(75)102-88)89(80)78-67-83-77(66-84(78)99)72-56-54-70(65-82(72)100(83,62-42-27-23-19-15-11-3)63-43-28-24-20-16-12-4)101(85-51-37-33-46-71(85)68-44-30-29-31-45-68)69-55-57-74-81(64-69)98(7,8)94-91(74)92-76-49-35-39-53-87(76)103-96(92)93-73-47-32-36-50-79(73)97(5,6)95(93)94/h29-39,44-59,64-67H,9-28,40-43,60-63H2,1-8H3. The van der Waals surface area contributed by atoms with Gasteiger partial charge in [-0.15, -0.1) is 0 Å². The normalized spacial score (nSPS) is 15.0. The molecule has 0 aliphatic heterocycles. The van der Waals surface area contributed by atoms with Crippen molar-refractivity contribution in [2.45, 2.75) is 257 Å². The molecule has 0 saturated carbocycles. The molecule has 3 nitrogen and oxygen atoms in total. The number of furan rings is 2. The van der Waals surface area contributed by atoms with Gasteiger partial charge in [0.2, 0.25) is 0 Å². The summed E-state index contributed by atoms with van der Waals surface area (Å²) in [6.07, 6.45) is 35.5. The summed E-state index contributed by atoms with van der Waals surface area (Å²) in [5, 5.41) is 5.01. The van der Waals surface area contributed by atoms with Gasteiger partial charge in [-0.2, -0.15) is 0 Å². The number of nitrogens with zero attached hydrogens (tertiary/aromatic N) is 1. The summed E-state index contributed by atoms with van der Waals surface area (Å²) >= 11 is 0. The van der Waals surface area contributed by atoms with Crippen LogP contribution in [0.5, 0.6) is 0 Å². The van der Waals surface area contributed by atoms with E-state index < -0.39 is 0 Å². The predicted octanol–water partition coefficient (Wildman–Crippen LogP) is 30.8. The molecule has 2 heterocycles. The van der Waals surface area contributed by atoms with Crippen molar-refractivity contribution in [3.8, 4) is 55.6 Å². The Morgan fingerprint density at radius 3 is 1.36 bits per heavy atom. The van der Waals surface area contributed by atoms with E-state index in [1.807, 2.05) is 0 Å². The summed E-state index contributed by atoms with van der Waals surface area (Å²) in [6.45, 7) is 19.4. The minimum absolute atomic E-state index is 0.110. The average molecular weight is 1360 g/mol. The van der Waals surface area contributed by atoms with Crippen molar-refractivity contribution in [1.29, 1.82) is 0 Å². The van der Waals surface area contributed by atoms with Crippen LogP contribution in [0.3, 0.4) is 0 Å². The minimum Gasteiger partial charge on any atom is -0.456 e. The highest BCUT2D eigenvalue weighted by molar-refractivity contribution is 6.21. The van der Waals surface area contributed by atoms with Crippen LogP contribution in [0.25, 0.3) is 99.5 Å². The molecule has 2 aromatic heterocycles. The molecule has 10 aromatic carbocycles. The molecule has 4 aliphatic rings. The predicted molar refractivity (Wildman–Crippen MR) is 441 cm³/mol. The lowest BCUT2D eigenvalue weighted by Gasteiger charge is -2.35. The van der Waals surface area contributed by atoms with Crippen molar-refractivity contribution >= 4 is 60.9 Å². The van der Waals surface area contributed by atoms with Gasteiger partial charge in [0.05, 0.1) is 5.69 Å². The summed E-state index contributed by atoms with van der Waals surface area (Å²) in [7, 11) is 0. The second-order valence-electron chi connectivity index (χ2n) is 32.9. The molecule has 0 saturated heterocycles. The van der Waals surface area contributed by atoms with Gasteiger partial charge >= 0.3 is 0 Å². The molecule has 103 heavy (non-hydrogen) atoms. The first-order chi connectivity index (χ1) is 50.5. The van der Waals surface area contributed by atoms with Gasteiger partial charge in [-0.25, -0.2) is 0 Å². The van der Waals surface area contributed by atoms with Crippen LogP contribution in [0.15, 0.2) is 197 Å². The quantitative estimate of drug-likeness (QED) is 0.0394. The van der Waals surface area contributed by atoms with Crippen molar-refractivity contribution in [2.75, 3.05) is 4.90 Å². The molecule has 0 atom stereocenters. The van der Waals surface area contributed by atoms with Crippen molar-refractivity contribution in [3.63, 3.8) is 0 Å². The molecule has 0 fully saturated rings. The zero-order valence-electron chi connectivity index (χ0n) is 63.5. The number of rotatable bonds is 32. The maximum Gasteiger partial charge on any atom is 0.144 e. The Balaban J connectivity index is 0.923. The molecule has 0 N–H and O–H groups in total. The number of fused-ring (bicyclic) bond motifs is 22. The number of unbranched alkanes of at least 4 members (excludes halogenated alkanes) is 20. The molecule has 0 radical (unpaired) electrons.